The molecule has 2 aliphatic rings. The maximum absolute atomic E-state index is 5.89. The van der Waals surface area contributed by atoms with Gasteiger partial charge in [-0.05, 0) is 49.0 Å². The number of rotatable bonds is 1. The summed E-state index contributed by atoms with van der Waals surface area (Å²) >= 11 is 2.13. The molecule has 0 aromatic carbocycles. The first kappa shape index (κ1) is 7.93. The molecule has 3 unspecified atom stereocenters. The first-order chi connectivity index (χ1) is 5.25. The smallest absolute Gasteiger partial charge is 0.00445 e. The average molecular weight is 171 g/mol. The SMILES string of the molecule is CC(N)C1CC12CCCSC2. The summed E-state index contributed by atoms with van der Waals surface area (Å²) in [5, 5.41) is 0. The number of thioether (sulfide) groups is 1. The molecule has 0 aromatic heterocycles. The highest BCUT2D eigenvalue weighted by Gasteiger charge is 2.55. The highest BCUT2D eigenvalue weighted by atomic mass is 32.2. The van der Waals surface area contributed by atoms with Gasteiger partial charge in [-0.15, -0.1) is 0 Å². The minimum absolute atomic E-state index is 0.439. The third-order valence-electron chi connectivity index (χ3n) is 3.24. The summed E-state index contributed by atoms with van der Waals surface area (Å²) in [6, 6.07) is 0.439. The molecule has 0 aromatic rings. The molecular formula is C9H17NS. The van der Waals surface area contributed by atoms with Gasteiger partial charge >= 0.3 is 0 Å². The number of nitrogens with two attached hydrogens (primary N) is 1. The Morgan fingerprint density at radius 3 is 2.91 bits per heavy atom. The van der Waals surface area contributed by atoms with Gasteiger partial charge in [0.25, 0.3) is 0 Å². The Bertz CT molecular complexity index is 150. The van der Waals surface area contributed by atoms with Crippen molar-refractivity contribution in [3.8, 4) is 0 Å². The predicted octanol–water partition coefficient (Wildman–Crippen LogP) is 1.87. The molecule has 1 heterocycles. The molecule has 3 atom stereocenters. The molecule has 0 amide bonds. The zero-order valence-corrected chi connectivity index (χ0v) is 7.99. The molecule has 1 spiro atoms. The lowest BCUT2D eigenvalue weighted by atomic mass is 9.97. The van der Waals surface area contributed by atoms with Gasteiger partial charge in [0.2, 0.25) is 0 Å². The lowest BCUT2D eigenvalue weighted by Gasteiger charge is -2.23. The zero-order valence-electron chi connectivity index (χ0n) is 7.18. The van der Waals surface area contributed by atoms with Gasteiger partial charge in [-0.1, -0.05) is 0 Å². The van der Waals surface area contributed by atoms with Gasteiger partial charge in [-0.25, -0.2) is 0 Å². The van der Waals surface area contributed by atoms with E-state index in [4.69, 9.17) is 5.73 Å². The summed E-state index contributed by atoms with van der Waals surface area (Å²) in [4.78, 5) is 0. The molecule has 2 rings (SSSR count). The third-order valence-corrected chi connectivity index (χ3v) is 4.60. The maximum Gasteiger partial charge on any atom is 0.00445 e. The highest BCUT2D eigenvalue weighted by molar-refractivity contribution is 7.99. The van der Waals surface area contributed by atoms with Crippen molar-refractivity contribution < 1.29 is 0 Å². The van der Waals surface area contributed by atoms with Gasteiger partial charge in [0.05, 0.1) is 0 Å². The summed E-state index contributed by atoms with van der Waals surface area (Å²) < 4.78 is 0. The van der Waals surface area contributed by atoms with Crippen molar-refractivity contribution in [3.63, 3.8) is 0 Å². The van der Waals surface area contributed by atoms with Crippen LogP contribution in [-0.4, -0.2) is 17.5 Å². The molecule has 1 nitrogen and oxygen atoms in total. The Kier molecular flexibility index (Phi) is 1.92. The fourth-order valence-electron chi connectivity index (χ4n) is 2.45. The molecule has 1 saturated carbocycles. The monoisotopic (exact) mass is 171 g/mol. The summed E-state index contributed by atoms with van der Waals surface area (Å²) in [6.45, 7) is 2.17. The molecule has 11 heavy (non-hydrogen) atoms. The van der Waals surface area contributed by atoms with Crippen molar-refractivity contribution in [1.82, 2.24) is 0 Å². The molecule has 2 fully saturated rings. The Morgan fingerprint density at radius 2 is 2.45 bits per heavy atom. The highest BCUT2D eigenvalue weighted by Crippen LogP contribution is 2.60. The van der Waals surface area contributed by atoms with E-state index in [1.165, 1.54) is 30.8 Å². The van der Waals surface area contributed by atoms with Crippen molar-refractivity contribution in [1.29, 1.82) is 0 Å². The van der Waals surface area contributed by atoms with Crippen molar-refractivity contribution in [2.75, 3.05) is 11.5 Å². The second-order valence-corrected chi connectivity index (χ2v) is 5.29. The van der Waals surface area contributed by atoms with Gasteiger partial charge in [0.1, 0.15) is 0 Å². The summed E-state index contributed by atoms with van der Waals surface area (Å²) in [7, 11) is 0. The zero-order chi connectivity index (χ0) is 7.90. The number of hydrogen-bond acceptors (Lipinski definition) is 2. The van der Waals surface area contributed by atoms with Gasteiger partial charge in [0, 0.05) is 6.04 Å². The van der Waals surface area contributed by atoms with Crippen LogP contribution in [-0.2, 0) is 0 Å². The fraction of sp³-hybridized carbons (Fsp3) is 1.00. The van der Waals surface area contributed by atoms with E-state index in [1.807, 2.05) is 0 Å². The van der Waals surface area contributed by atoms with E-state index in [-0.39, 0.29) is 0 Å². The van der Waals surface area contributed by atoms with Crippen molar-refractivity contribution in [3.05, 3.63) is 0 Å². The van der Waals surface area contributed by atoms with Crippen LogP contribution in [0.15, 0.2) is 0 Å². The molecule has 0 bridgehead atoms. The standard InChI is InChI=1S/C9H17NS/c1-7(10)8-5-9(8)3-2-4-11-6-9/h7-8H,2-6,10H2,1H3. The molecule has 1 saturated heterocycles. The lowest BCUT2D eigenvalue weighted by molar-refractivity contribution is 0.425. The first-order valence-corrected chi connectivity index (χ1v) is 5.73. The summed E-state index contributed by atoms with van der Waals surface area (Å²) in [5.74, 6) is 3.63. The van der Waals surface area contributed by atoms with Crippen LogP contribution in [0.5, 0.6) is 0 Å². The molecule has 0 radical (unpaired) electrons. The van der Waals surface area contributed by atoms with Crippen molar-refractivity contribution >= 4 is 11.8 Å². The Morgan fingerprint density at radius 1 is 1.64 bits per heavy atom. The predicted molar refractivity (Wildman–Crippen MR) is 50.7 cm³/mol. The molecule has 1 aliphatic carbocycles. The summed E-state index contributed by atoms with van der Waals surface area (Å²) in [5.41, 5.74) is 6.60. The third kappa shape index (κ3) is 1.31. The van der Waals surface area contributed by atoms with Crippen molar-refractivity contribution in [2.24, 2.45) is 17.1 Å². The maximum atomic E-state index is 5.89. The van der Waals surface area contributed by atoms with Crippen LogP contribution in [0.1, 0.15) is 26.2 Å². The van der Waals surface area contributed by atoms with Crippen LogP contribution < -0.4 is 5.73 Å². The Labute approximate surface area is 73.1 Å². The van der Waals surface area contributed by atoms with E-state index in [0.717, 1.165) is 5.92 Å². The molecule has 2 heteroatoms. The Balaban J connectivity index is 1.93. The van der Waals surface area contributed by atoms with Gasteiger partial charge < -0.3 is 5.73 Å². The fourth-order valence-corrected chi connectivity index (χ4v) is 3.83. The molecule has 2 N–H and O–H groups in total. The van der Waals surface area contributed by atoms with Gasteiger partial charge in [-0.2, -0.15) is 11.8 Å². The minimum Gasteiger partial charge on any atom is -0.328 e. The second-order valence-electron chi connectivity index (χ2n) is 4.19. The molecule has 1 aliphatic heterocycles. The topological polar surface area (TPSA) is 26.0 Å². The van der Waals surface area contributed by atoms with Crippen LogP contribution in [0.25, 0.3) is 0 Å². The van der Waals surface area contributed by atoms with Crippen LogP contribution in [0, 0.1) is 11.3 Å². The van der Waals surface area contributed by atoms with Gasteiger partial charge in [0.15, 0.2) is 0 Å². The van der Waals surface area contributed by atoms with Crippen LogP contribution in [0.4, 0.5) is 0 Å². The van der Waals surface area contributed by atoms with E-state index in [0.29, 0.717) is 11.5 Å². The first-order valence-electron chi connectivity index (χ1n) is 4.58. The number of hydrogen-bond donors (Lipinski definition) is 1. The van der Waals surface area contributed by atoms with E-state index in [9.17, 15) is 0 Å². The quantitative estimate of drug-likeness (QED) is 0.652. The van der Waals surface area contributed by atoms with E-state index >= 15 is 0 Å². The molecule has 64 valence electrons. The second kappa shape index (κ2) is 2.67. The van der Waals surface area contributed by atoms with Crippen LogP contribution in [0.2, 0.25) is 0 Å². The largest absolute Gasteiger partial charge is 0.328 e. The van der Waals surface area contributed by atoms with Gasteiger partial charge in [-0.3, -0.25) is 0 Å². The minimum atomic E-state index is 0.439. The van der Waals surface area contributed by atoms with Crippen molar-refractivity contribution in [2.45, 2.75) is 32.2 Å². The summed E-state index contributed by atoms with van der Waals surface area (Å²) in [6.07, 6.45) is 4.29. The van der Waals surface area contributed by atoms with E-state index in [1.54, 1.807) is 0 Å². The average Bonchev–Trinajstić information content (AvgIpc) is 2.66. The lowest BCUT2D eigenvalue weighted by Crippen LogP contribution is -2.24. The van der Waals surface area contributed by atoms with Crippen LogP contribution in [0.3, 0.4) is 0 Å². The molecular weight excluding hydrogens is 154 g/mol. The normalized spacial score (nSPS) is 45.8. The van der Waals surface area contributed by atoms with E-state index < -0.39 is 0 Å². The Hall–Kier alpha value is 0.310. The van der Waals surface area contributed by atoms with E-state index in [2.05, 4.69) is 18.7 Å². The van der Waals surface area contributed by atoms with Crippen LogP contribution >= 0.6 is 11.8 Å².